The van der Waals surface area contributed by atoms with E-state index in [1.54, 1.807) is 6.92 Å². The molecule has 208 valence electrons. The first-order valence-electron chi connectivity index (χ1n) is 12.3. The number of hydrogen-bond acceptors (Lipinski definition) is 4. The van der Waals surface area contributed by atoms with Crippen LogP contribution in [-0.4, -0.2) is 62.7 Å². The van der Waals surface area contributed by atoms with Crippen molar-refractivity contribution in [2.24, 2.45) is 0 Å². The summed E-state index contributed by atoms with van der Waals surface area (Å²) < 4.78 is 43.8. The van der Waals surface area contributed by atoms with E-state index in [4.69, 9.17) is 0 Å². The van der Waals surface area contributed by atoms with E-state index in [1.165, 1.54) is 37.2 Å². The van der Waals surface area contributed by atoms with Crippen LogP contribution in [0.1, 0.15) is 18.1 Å². The van der Waals surface area contributed by atoms with Gasteiger partial charge in [-0.25, -0.2) is 8.70 Å². The van der Waals surface area contributed by atoms with E-state index in [-0.39, 0.29) is 24.6 Å². The summed E-state index contributed by atoms with van der Waals surface area (Å²) in [6, 6.07) is 20.9. The molecule has 0 aliphatic carbocycles. The maximum atomic E-state index is 14.8. The highest BCUT2D eigenvalue weighted by atomic mass is 79.9. The smallest absolute Gasteiger partial charge is 0.304 e. The van der Waals surface area contributed by atoms with Crippen molar-refractivity contribution < 1.29 is 22.4 Å². The van der Waals surface area contributed by atoms with Gasteiger partial charge < -0.3 is 10.2 Å². The first-order chi connectivity index (χ1) is 18.5. The second-order valence-corrected chi connectivity index (χ2v) is 12.0. The largest absolute Gasteiger partial charge is 0.355 e. The summed E-state index contributed by atoms with van der Waals surface area (Å²) in [5.41, 5.74) is 1.30. The number of carbonyl (C=O) groups excluding carboxylic acids is 2. The SMILES string of the molecule is CCNC(=O)[C@H](Cc1ccccc1)N(Cc1ccc(Br)cc1)C(=O)CN(c1ccccc1F)S(=O)(=O)N(C)C. The molecule has 0 saturated heterocycles. The summed E-state index contributed by atoms with van der Waals surface area (Å²) in [7, 11) is -1.65. The van der Waals surface area contributed by atoms with Gasteiger partial charge in [0.25, 0.3) is 0 Å². The average molecular weight is 620 g/mol. The van der Waals surface area contributed by atoms with Gasteiger partial charge in [-0.05, 0) is 42.3 Å². The molecule has 11 heteroatoms. The monoisotopic (exact) mass is 618 g/mol. The van der Waals surface area contributed by atoms with Gasteiger partial charge in [0.15, 0.2) is 0 Å². The molecule has 1 N–H and O–H groups in total. The molecule has 3 rings (SSSR count). The molecule has 0 aliphatic heterocycles. The van der Waals surface area contributed by atoms with Crippen LogP contribution in [0.15, 0.2) is 83.3 Å². The molecule has 0 spiro atoms. The van der Waals surface area contributed by atoms with Crippen LogP contribution < -0.4 is 9.62 Å². The number of benzene rings is 3. The number of anilines is 1. The molecule has 0 fully saturated rings. The van der Waals surface area contributed by atoms with E-state index in [1.807, 2.05) is 54.6 Å². The van der Waals surface area contributed by atoms with Crippen LogP contribution in [0.5, 0.6) is 0 Å². The molecule has 0 unspecified atom stereocenters. The van der Waals surface area contributed by atoms with Crippen LogP contribution in [-0.2, 0) is 32.8 Å². The van der Waals surface area contributed by atoms with Gasteiger partial charge in [0, 0.05) is 38.1 Å². The van der Waals surface area contributed by atoms with E-state index < -0.39 is 34.5 Å². The molecule has 1 atom stereocenters. The lowest BCUT2D eigenvalue weighted by molar-refractivity contribution is -0.140. The number of rotatable bonds is 12. The lowest BCUT2D eigenvalue weighted by Gasteiger charge is -2.34. The lowest BCUT2D eigenvalue weighted by atomic mass is 10.0. The van der Waals surface area contributed by atoms with Gasteiger partial charge in [-0.1, -0.05) is 70.5 Å². The van der Waals surface area contributed by atoms with Gasteiger partial charge in [0.05, 0.1) is 5.69 Å². The quantitative estimate of drug-likeness (QED) is 0.332. The maximum Gasteiger partial charge on any atom is 0.304 e. The molecule has 3 aromatic rings. The van der Waals surface area contributed by atoms with Crippen molar-refractivity contribution in [1.82, 2.24) is 14.5 Å². The molecule has 0 aromatic heterocycles. The van der Waals surface area contributed by atoms with Gasteiger partial charge in [0.2, 0.25) is 11.8 Å². The Kier molecular flexibility index (Phi) is 10.6. The number of nitrogens with zero attached hydrogens (tertiary/aromatic N) is 3. The number of nitrogens with one attached hydrogen (secondary N) is 1. The Hall–Kier alpha value is -3.28. The molecule has 0 aliphatic rings. The normalized spacial score (nSPS) is 12.2. The van der Waals surface area contributed by atoms with Crippen molar-refractivity contribution in [2.45, 2.75) is 25.9 Å². The molecule has 39 heavy (non-hydrogen) atoms. The Morgan fingerprint density at radius 2 is 1.54 bits per heavy atom. The number of para-hydroxylation sites is 1. The number of hydrogen-bond donors (Lipinski definition) is 1. The van der Waals surface area contributed by atoms with Crippen molar-refractivity contribution in [1.29, 1.82) is 0 Å². The summed E-state index contributed by atoms with van der Waals surface area (Å²) in [6.45, 7) is 1.46. The lowest BCUT2D eigenvalue weighted by Crippen LogP contribution is -2.54. The van der Waals surface area contributed by atoms with E-state index in [2.05, 4.69) is 21.2 Å². The van der Waals surface area contributed by atoms with Crippen LogP contribution in [0.25, 0.3) is 0 Å². The minimum atomic E-state index is -4.26. The van der Waals surface area contributed by atoms with Crippen molar-refractivity contribution in [2.75, 3.05) is 31.5 Å². The Balaban J connectivity index is 2.08. The molecule has 3 aromatic carbocycles. The van der Waals surface area contributed by atoms with Gasteiger partial charge >= 0.3 is 10.2 Å². The molecule has 0 bridgehead atoms. The Labute approximate surface area is 237 Å². The summed E-state index contributed by atoms with van der Waals surface area (Å²) in [5.74, 6) is -1.82. The van der Waals surface area contributed by atoms with Gasteiger partial charge in [-0.2, -0.15) is 12.7 Å². The molecule has 0 radical (unpaired) electrons. The van der Waals surface area contributed by atoms with Crippen molar-refractivity contribution in [3.63, 3.8) is 0 Å². The molecule has 2 amide bonds. The average Bonchev–Trinajstić information content (AvgIpc) is 2.91. The van der Waals surface area contributed by atoms with Gasteiger partial charge in [-0.3, -0.25) is 9.59 Å². The third-order valence-electron chi connectivity index (χ3n) is 6.03. The fourth-order valence-electron chi connectivity index (χ4n) is 3.99. The van der Waals surface area contributed by atoms with Crippen LogP contribution >= 0.6 is 15.9 Å². The zero-order chi connectivity index (χ0) is 28.6. The highest BCUT2D eigenvalue weighted by Crippen LogP contribution is 2.24. The number of amides is 2. The first kappa shape index (κ1) is 30.3. The first-order valence-corrected chi connectivity index (χ1v) is 14.5. The Morgan fingerprint density at radius 1 is 0.923 bits per heavy atom. The second-order valence-electron chi connectivity index (χ2n) is 9.00. The standard InChI is InChI=1S/C28H32BrFN4O4S/c1-4-31-28(36)26(18-21-10-6-5-7-11-21)33(19-22-14-16-23(29)17-15-22)27(35)20-34(39(37,38)32(2)3)25-13-9-8-12-24(25)30/h5-17,26H,4,18-20H2,1-3H3,(H,31,36)/t26-/m0/s1. The van der Waals surface area contributed by atoms with Crippen LogP contribution in [0.4, 0.5) is 10.1 Å². The molecule has 0 heterocycles. The topological polar surface area (TPSA) is 90.0 Å². The predicted molar refractivity (Wildman–Crippen MR) is 154 cm³/mol. The Morgan fingerprint density at radius 3 is 2.13 bits per heavy atom. The van der Waals surface area contributed by atoms with Crippen molar-refractivity contribution >= 4 is 43.6 Å². The van der Waals surface area contributed by atoms with Crippen molar-refractivity contribution in [3.8, 4) is 0 Å². The number of halogens is 2. The minimum absolute atomic E-state index is 0.0356. The van der Waals surface area contributed by atoms with Crippen LogP contribution in [0.2, 0.25) is 0 Å². The fraction of sp³-hybridized carbons (Fsp3) is 0.286. The van der Waals surface area contributed by atoms with E-state index in [0.29, 0.717) is 6.54 Å². The zero-order valence-corrected chi connectivity index (χ0v) is 24.5. The molecule has 8 nitrogen and oxygen atoms in total. The highest BCUT2D eigenvalue weighted by molar-refractivity contribution is 9.10. The minimum Gasteiger partial charge on any atom is -0.355 e. The fourth-order valence-corrected chi connectivity index (χ4v) is 5.32. The summed E-state index contributed by atoms with van der Waals surface area (Å²) >= 11 is 3.40. The Bertz CT molecular complexity index is 1370. The number of likely N-dealkylation sites (N-methyl/N-ethyl adjacent to an activating group) is 1. The molecular formula is C28H32BrFN4O4S. The maximum absolute atomic E-state index is 14.8. The van der Waals surface area contributed by atoms with E-state index in [0.717, 1.165) is 30.3 Å². The summed E-state index contributed by atoms with van der Waals surface area (Å²) in [6.07, 6.45) is 0.203. The van der Waals surface area contributed by atoms with Gasteiger partial charge in [0.1, 0.15) is 18.4 Å². The van der Waals surface area contributed by atoms with Crippen molar-refractivity contribution in [3.05, 3.63) is 100 Å². The second kappa shape index (κ2) is 13.7. The highest BCUT2D eigenvalue weighted by Gasteiger charge is 2.35. The third-order valence-corrected chi connectivity index (χ3v) is 8.36. The van der Waals surface area contributed by atoms with E-state index >= 15 is 0 Å². The van der Waals surface area contributed by atoms with E-state index in [9.17, 15) is 22.4 Å². The predicted octanol–water partition coefficient (Wildman–Crippen LogP) is 3.98. The summed E-state index contributed by atoms with van der Waals surface area (Å²) in [5, 5.41) is 2.80. The van der Waals surface area contributed by atoms with Crippen LogP contribution in [0, 0.1) is 5.82 Å². The third kappa shape index (κ3) is 7.87. The zero-order valence-electron chi connectivity index (χ0n) is 22.1. The molecule has 0 saturated carbocycles. The summed E-state index contributed by atoms with van der Waals surface area (Å²) in [4.78, 5) is 28.7. The van der Waals surface area contributed by atoms with Crippen LogP contribution in [0.3, 0.4) is 0 Å². The van der Waals surface area contributed by atoms with Gasteiger partial charge in [-0.15, -0.1) is 0 Å². The number of carbonyl (C=O) groups is 2. The molecular weight excluding hydrogens is 587 g/mol.